The number of aryl methyl sites for hydroxylation is 2. The molecule has 0 bridgehead atoms. The van der Waals surface area contributed by atoms with Gasteiger partial charge < -0.3 is 15.5 Å². The molecule has 2 aromatic heterocycles. The zero-order valence-electron chi connectivity index (χ0n) is 22.2. The Balaban J connectivity index is 1.40. The number of thiazole rings is 1. The number of aromatic nitrogens is 3. The molecule has 0 aliphatic carbocycles. The molecule has 4 rings (SSSR count). The van der Waals surface area contributed by atoms with Crippen molar-refractivity contribution in [3.05, 3.63) is 99.6 Å². The fraction of sp³-hybridized carbons (Fsp3) is 0.207. The van der Waals surface area contributed by atoms with Crippen LogP contribution in [0.25, 0.3) is 10.6 Å². The fourth-order valence-electron chi connectivity index (χ4n) is 3.80. The van der Waals surface area contributed by atoms with Gasteiger partial charge in [0.25, 0.3) is 5.91 Å². The Kier molecular flexibility index (Phi) is 9.19. The Hall–Kier alpha value is -3.92. The van der Waals surface area contributed by atoms with Crippen LogP contribution in [0.4, 0.5) is 11.4 Å². The summed E-state index contributed by atoms with van der Waals surface area (Å²) in [6.07, 6.45) is 5.37. The topological polar surface area (TPSA) is 100 Å². The molecular formula is C29H29ClN6O2S. The summed E-state index contributed by atoms with van der Waals surface area (Å²) in [5.74, 6) is 0.148. The van der Waals surface area contributed by atoms with Crippen molar-refractivity contribution in [3.8, 4) is 10.6 Å². The second kappa shape index (κ2) is 12.8. The minimum atomic E-state index is -0.253. The summed E-state index contributed by atoms with van der Waals surface area (Å²) >= 11 is 7.95. The van der Waals surface area contributed by atoms with Gasteiger partial charge in [-0.1, -0.05) is 29.8 Å². The standard InChI is InChI=1S/C29H29ClN6O2S/c1-18-28(39-19(2)32-18)27-24(30)17-31-25(35-27)16-20-7-5-8-23(15-20)34-29(38)21-10-12-22(13-11-21)33-26(37)9-6-14-36(3)4/h5-13,15,17H,14,16H2,1-4H3,(H,33,37)(H,34,38)/b9-6+. The van der Waals surface area contributed by atoms with Gasteiger partial charge in [-0.15, -0.1) is 11.3 Å². The third-order valence-electron chi connectivity index (χ3n) is 5.61. The van der Waals surface area contributed by atoms with Crippen LogP contribution in [-0.2, 0) is 11.2 Å². The maximum absolute atomic E-state index is 12.8. The highest BCUT2D eigenvalue weighted by molar-refractivity contribution is 7.15. The van der Waals surface area contributed by atoms with E-state index >= 15 is 0 Å². The first kappa shape index (κ1) is 28.1. The van der Waals surface area contributed by atoms with Gasteiger partial charge in [0.2, 0.25) is 5.91 Å². The molecule has 0 unspecified atom stereocenters. The van der Waals surface area contributed by atoms with Gasteiger partial charge in [0.1, 0.15) is 11.5 Å². The average molecular weight is 561 g/mol. The summed E-state index contributed by atoms with van der Waals surface area (Å²) in [7, 11) is 3.86. The van der Waals surface area contributed by atoms with Crippen molar-refractivity contribution in [3.63, 3.8) is 0 Å². The van der Waals surface area contributed by atoms with E-state index in [0.717, 1.165) is 21.1 Å². The number of benzene rings is 2. The number of rotatable bonds is 9. The molecule has 2 aromatic carbocycles. The van der Waals surface area contributed by atoms with E-state index in [1.807, 2.05) is 57.1 Å². The third-order valence-corrected chi connectivity index (χ3v) is 6.97. The molecule has 0 fully saturated rings. The molecular weight excluding hydrogens is 532 g/mol. The average Bonchev–Trinajstić information content (AvgIpc) is 3.23. The summed E-state index contributed by atoms with van der Waals surface area (Å²) < 4.78 is 0. The zero-order valence-corrected chi connectivity index (χ0v) is 23.7. The van der Waals surface area contributed by atoms with E-state index in [0.29, 0.717) is 46.4 Å². The van der Waals surface area contributed by atoms with Crippen LogP contribution in [0.15, 0.2) is 66.9 Å². The molecule has 0 radical (unpaired) electrons. The van der Waals surface area contributed by atoms with Gasteiger partial charge in [0, 0.05) is 42.2 Å². The van der Waals surface area contributed by atoms with Gasteiger partial charge in [-0.25, -0.2) is 15.0 Å². The van der Waals surface area contributed by atoms with Gasteiger partial charge >= 0.3 is 0 Å². The number of carbonyl (C=O) groups is 2. The van der Waals surface area contributed by atoms with Crippen molar-refractivity contribution in [2.75, 3.05) is 31.3 Å². The number of hydrogen-bond donors (Lipinski definition) is 2. The van der Waals surface area contributed by atoms with Gasteiger partial charge in [-0.05, 0) is 69.9 Å². The highest BCUT2D eigenvalue weighted by Gasteiger charge is 2.15. The van der Waals surface area contributed by atoms with E-state index in [1.165, 1.54) is 6.08 Å². The van der Waals surface area contributed by atoms with E-state index in [4.69, 9.17) is 16.6 Å². The van der Waals surface area contributed by atoms with Gasteiger partial charge in [-0.3, -0.25) is 9.59 Å². The molecule has 8 nitrogen and oxygen atoms in total. The molecule has 0 spiro atoms. The van der Waals surface area contributed by atoms with E-state index in [9.17, 15) is 9.59 Å². The number of likely N-dealkylation sites (N-methyl/N-ethyl adjacent to an activating group) is 1. The predicted molar refractivity (Wildman–Crippen MR) is 158 cm³/mol. The Morgan fingerprint density at radius 2 is 1.79 bits per heavy atom. The number of anilines is 2. The lowest BCUT2D eigenvalue weighted by atomic mass is 10.1. The monoisotopic (exact) mass is 560 g/mol. The lowest BCUT2D eigenvalue weighted by Gasteiger charge is -2.09. The molecule has 10 heteroatoms. The van der Waals surface area contributed by atoms with Crippen LogP contribution in [0.3, 0.4) is 0 Å². The Morgan fingerprint density at radius 1 is 1.03 bits per heavy atom. The highest BCUT2D eigenvalue weighted by atomic mass is 35.5. The molecule has 2 heterocycles. The molecule has 0 aliphatic rings. The Bertz CT molecular complexity index is 1510. The molecule has 0 saturated carbocycles. The van der Waals surface area contributed by atoms with Gasteiger partial charge in [0.05, 0.1) is 20.6 Å². The largest absolute Gasteiger partial charge is 0.323 e. The molecule has 0 atom stereocenters. The van der Waals surface area contributed by atoms with Crippen LogP contribution in [0.1, 0.15) is 32.4 Å². The van der Waals surface area contributed by atoms with Crippen LogP contribution in [-0.4, -0.2) is 52.3 Å². The lowest BCUT2D eigenvalue weighted by molar-refractivity contribution is -0.111. The highest BCUT2D eigenvalue weighted by Crippen LogP contribution is 2.33. The maximum atomic E-state index is 12.8. The van der Waals surface area contributed by atoms with Crippen LogP contribution in [0.5, 0.6) is 0 Å². The quantitative estimate of drug-likeness (QED) is 0.252. The maximum Gasteiger partial charge on any atom is 0.255 e. The molecule has 0 saturated heterocycles. The number of halogens is 1. The number of carbonyl (C=O) groups excluding carboxylic acids is 2. The third kappa shape index (κ3) is 7.79. The smallest absolute Gasteiger partial charge is 0.255 e. The Morgan fingerprint density at radius 3 is 2.49 bits per heavy atom. The van der Waals surface area contributed by atoms with Crippen molar-refractivity contribution >= 4 is 46.1 Å². The Labute approximate surface area is 236 Å². The zero-order chi connectivity index (χ0) is 27.9. The summed E-state index contributed by atoms with van der Waals surface area (Å²) in [6, 6.07) is 14.3. The van der Waals surface area contributed by atoms with Crippen molar-refractivity contribution in [1.82, 2.24) is 19.9 Å². The lowest BCUT2D eigenvalue weighted by Crippen LogP contribution is -2.14. The first-order valence-electron chi connectivity index (χ1n) is 12.3. The van der Waals surface area contributed by atoms with Crippen LogP contribution in [0, 0.1) is 13.8 Å². The van der Waals surface area contributed by atoms with Crippen molar-refractivity contribution < 1.29 is 9.59 Å². The van der Waals surface area contributed by atoms with Crippen molar-refractivity contribution in [1.29, 1.82) is 0 Å². The van der Waals surface area contributed by atoms with Crippen molar-refractivity contribution in [2.24, 2.45) is 0 Å². The molecule has 2 amide bonds. The summed E-state index contributed by atoms with van der Waals surface area (Å²) in [5, 5.41) is 7.15. The number of nitrogens with one attached hydrogen (secondary N) is 2. The predicted octanol–water partition coefficient (Wildman–Crippen LogP) is 5.77. The van der Waals surface area contributed by atoms with E-state index < -0.39 is 0 Å². The van der Waals surface area contributed by atoms with E-state index in [1.54, 1.807) is 47.9 Å². The summed E-state index contributed by atoms with van der Waals surface area (Å²) in [4.78, 5) is 41.3. The van der Waals surface area contributed by atoms with Crippen LogP contribution >= 0.6 is 22.9 Å². The second-order valence-corrected chi connectivity index (χ2v) is 10.8. The number of nitrogens with zero attached hydrogens (tertiary/aromatic N) is 4. The first-order chi connectivity index (χ1) is 18.7. The number of amides is 2. The second-order valence-electron chi connectivity index (χ2n) is 9.19. The van der Waals surface area contributed by atoms with E-state index in [-0.39, 0.29) is 11.8 Å². The summed E-state index contributed by atoms with van der Waals surface area (Å²) in [6.45, 7) is 4.57. The molecule has 4 aromatic rings. The van der Waals surface area contributed by atoms with Crippen LogP contribution in [0.2, 0.25) is 5.02 Å². The first-order valence-corrected chi connectivity index (χ1v) is 13.5. The van der Waals surface area contributed by atoms with Crippen molar-refractivity contribution in [2.45, 2.75) is 20.3 Å². The molecule has 0 aliphatic heterocycles. The molecule has 39 heavy (non-hydrogen) atoms. The minimum absolute atomic E-state index is 0.222. The number of hydrogen-bond acceptors (Lipinski definition) is 7. The van der Waals surface area contributed by atoms with Crippen LogP contribution < -0.4 is 10.6 Å². The van der Waals surface area contributed by atoms with E-state index in [2.05, 4.69) is 20.6 Å². The summed E-state index contributed by atoms with van der Waals surface area (Å²) in [5.41, 5.74) is 4.25. The van der Waals surface area contributed by atoms with Gasteiger partial charge in [-0.2, -0.15) is 0 Å². The SMILES string of the molecule is Cc1nc(C)c(-c2nc(Cc3cccc(NC(=O)c4ccc(NC(=O)/C=C/CN(C)C)cc4)c3)ncc2Cl)s1. The molecule has 2 N–H and O–H groups in total. The fourth-order valence-corrected chi connectivity index (χ4v) is 4.97. The minimum Gasteiger partial charge on any atom is -0.323 e. The molecule has 200 valence electrons. The normalized spacial score (nSPS) is 11.2. The van der Waals surface area contributed by atoms with Gasteiger partial charge in [0.15, 0.2) is 0 Å².